The third-order valence-corrected chi connectivity index (χ3v) is 2.68. The Bertz CT molecular complexity index is 361. The largest absolute Gasteiger partial charge is 0.379 e. The fourth-order valence-corrected chi connectivity index (χ4v) is 1.63. The molecule has 0 radical (unpaired) electrons. The first-order valence-corrected chi connectivity index (χ1v) is 5.12. The van der Waals surface area contributed by atoms with Gasteiger partial charge in [-0.3, -0.25) is 0 Å². The third-order valence-electron chi connectivity index (χ3n) is 2.68. The molecular weight excluding hydrogens is 192 g/mol. The second-order valence-corrected chi connectivity index (χ2v) is 3.85. The maximum absolute atomic E-state index is 5.61. The fraction of sp³-hybridized carbons (Fsp3) is 0.600. The topological polar surface area (TPSA) is 73.1 Å². The number of anilines is 2. The third kappa shape index (κ3) is 2.18. The van der Waals surface area contributed by atoms with Gasteiger partial charge in [-0.15, -0.1) is 0 Å². The van der Waals surface area contributed by atoms with Crippen LogP contribution in [0.2, 0.25) is 0 Å². The lowest BCUT2D eigenvalue weighted by Crippen LogP contribution is -2.21. The molecule has 15 heavy (non-hydrogen) atoms. The second kappa shape index (κ2) is 4.02. The predicted octanol–water partition coefficient (Wildman–Crippen LogP) is 0.876. The van der Waals surface area contributed by atoms with Gasteiger partial charge >= 0.3 is 0 Å². The number of nitrogens with two attached hydrogens (primary N) is 1. The Kier molecular flexibility index (Phi) is 2.73. The van der Waals surface area contributed by atoms with Crippen LogP contribution in [0.4, 0.5) is 11.8 Å². The average molecular weight is 208 g/mol. The Morgan fingerprint density at radius 2 is 2.20 bits per heavy atom. The van der Waals surface area contributed by atoms with Gasteiger partial charge in [-0.2, -0.15) is 4.98 Å². The smallest absolute Gasteiger partial charge is 0.222 e. The van der Waals surface area contributed by atoms with E-state index in [1.807, 2.05) is 13.8 Å². The van der Waals surface area contributed by atoms with Gasteiger partial charge in [-0.05, 0) is 20.3 Å². The Labute approximate surface area is 89.1 Å². The normalized spacial score (nSPS) is 20.5. The summed E-state index contributed by atoms with van der Waals surface area (Å²) in [5.74, 6) is 1.15. The molecule has 0 amide bonds. The van der Waals surface area contributed by atoms with Crippen molar-refractivity contribution >= 4 is 11.8 Å². The number of rotatable bonds is 2. The lowest BCUT2D eigenvalue weighted by molar-refractivity contribution is 0.195. The Morgan fingerprint density at radius 3 is 2.87 bits per heavy atom. The zero-order valence-electron chi connectivity index (χ0n) is 9.08. The van der Waals surface area contributed by atoms with Crippen molar-refractivity contribution < 1.29 is 4.74 Å². The van der Waals surface area contributed by atoms with E-state index in [4.69, 9.17) is 10.5 Å². The molecule has 1 aliphatic rings. The van der Waals surface area contributed by atoms with Crippen LogP contribution in [0.15, 0.2) is 0 Å². The summed E-state index contributed by atoms with van der Waals surface area (Å²) in [6.07, 6.45) is 1.02. The van der Waals surface area contributed by atoms with Gasteiger partial charge in [0.15, 0.2) is 0 Å². The summed E-state index contributed by atoms with van der Waals surface area (Å²) in [5, 5.41) is 3.33. The van der Waals surface area contributed by atoms with Gasteiger partial charge in [-0.1, -0.05) is 0 Å². The summed E-state index contributed by atoms with van der Waals surface area (Å²) in [6, 6.07) is 0.345. The number of hydrogen-bond donors (Lipinski definition) is 2. The van der Waals surface area contributed by atoms with Crippen molar-refractivity contribution in [3.05, 3.63) is 11.3 Å². The highest BCUT2D eigenvalue weighted by atomic mass is 16.5. The van der Waals surface area contributed by atoms with Gasteiger partial charge in [0.25, 0.3) is 0 Å². The van der Waals surface area contributed by atoms with E-state index in [-0.39, 0.29) is 0 Å². The quantitative estimate of drug-likeness (QED) is 0.754. The van der Waals surface area contributed by atoms with Gasteiger partial charge in [-0.25, -0.2) is 4.98 Å². The highest BCUT2D eigenvalue weighted by Gasteiger charge is 2.17. The van der Waals surface area contributed by atoms with E-state index in [0.717, 1.165) is 36.7 Å². The molecular formula is C10H16N4O. The van der Waals surface area contributed by atoms with Crippen LogP contribution in [0.1, 0.15) is 17.7 Å². The molecule has 0 bridgehead atoms. The SMILES string of the molecule is Cc1nc(N)nc(NC2CCOC2)c1C. The molecule has 5 heteroatoms. The molecule has 0 saturated carbocycles. The van der Waals surface area contributed by atoms with Crippen molar-refractivity contribution in [1.82, 2.24) is 9.97 Å². The molecule has 1 aromatic rings. The first kappa shape index (κ1) is 10.2. The first-order chi connectivity index (χ1) is 7.16. The Morgan fingerprint density at radius 1 is 1.40 bits per heavy atom. The van der Waals surface area contributed by atoms with Gasteiger partial charge in [0, 0.05) is 17.9 Å². The van der Waals surface area contributed by atoms with Gasteiger partial charge in [0.2, 0.25) is 5.95 Å². The minimum atomic E-state index is 0.319. The molecule has 0 aliphatic carbocycles. The molecule has 82 valence electrons. The average Bonchev–Trinajstić information content (AvgIpc) is 2.66. The Balaban J connectivity index is 2.19. The van der Waals surface area contributed by atoms with Crippen molar-refractivity contribution in [3.8, 4) is 0 Å². The molecule has 2 heterocycles. The van der Waals surface area contributed by atoms with Gasteiger partial charge in [0.1, 0.15) is 5.82 Å². The van der Waals surface area contributed by atoms with E-state index in [1.54, 1.807) is 0 Å². The van der Waals surface area contributed by atoms with E-state index < -0.39 is 0 Å². The lowest BCUT2D eigenvalue weighted by atomic mass is 10.2. The monoisotopic (exact) mass is 208 g/mol. The van der Waals surface area contributed by atoms with Crippen LogP contribution in [-0.2, 0) is 4.74 Å². The van der Waals surface area contributed by atoms with E-state index in [0.29, 0.717) is 12.0 Å². The standard InChI is InChI=1S/C10H16N4O/c1-6-7(2)12-10(11)14-9(6)13-8-3-4-15-5-8/h8H,3-5H2,1-2H3,(H3,11,12,13,14). The summed E-state index contributed by atoms with van der Waals surface area (Å²) in [6.45, 7) is 5.48. The van der Waals surface area contributed by atoms with Crippen LogP contribution in [-0.4, -0.2) is 29.2 Å². The van der Waals surface area contributed by atoms with Crippen molar-refractivity contribution in [3.63, 3.8) is 0 Å². The number of hydrogen-bond acceptors (Lipinski definition) is 5. The summed E-state index contributed by atoms with van der Waals surface area (Å²) >= 11 is 0. The summed E-state index contributed by atoms with van der Waals surface area (Å²) < 4.78 is 5.29. The second-order valence-electron chi connectivity index (χ2n) is 3.85. The molecule has 2 rings (SSSR count). The molecule has 1 atom stereocenters. The zero-order chi connectivity index (χ0) is 10.8. The van der Waals surface area contributed by atoms with Crippen LogP contribution in [0.25, 0.3) is 0 Å². The highest BCUT2D eigenvalue weighted by molar-refractivity contribution is 5.49. The summed E-state index contributed by atoms with van der Waals surface area (Å²) in [7, 11) is 0. The molecule has 1 aliphatic heterocycles. The van der Waals surface area contributed by atoms with Gasteiger partial charge < -0.3 is 15.8 Å². The maximum Gasteiger partial charge on any atom is 0.222 e. The van der Waals surface area contributed by atoms with Crippen molar-refractivity contribution in [2.75, 3.05) is 24.3 Å². The van der Waals surface area contributed by atoms with Crippen LogP contribution < -0.4 is 11.1 Å². The Hall–Kier alpha value is -1.36. The van der Waals surface area contributed by atoms with Crippen LogP contribution in [0, 0.1) is 13.8 Å². The van der Waals surface area contributed by atoms with E-state index in [9.17, 15) is 0 Å². The van der Waals surface area contributed by atoms with E-state index in [1.165, 1.54) is 0 Å². The van der Waals surface area contributed by atoms with Gasteiger partial charge in [0.05, 0.1) is 12.6 Å². The van der Waals surface area contributed by atoms with E-state index >= 15 is 0 Å². The molecule has 3 N–H and O–H groups in total. The molecule has 5 nitrogen and oxygen atoms in total. The van der Waals surface area contributed by atoms with Crippen LogP contribution in [0.3, 0.4) is 0 Å². The molecule has 1 unspecified atom stereocenters. The minimum absolute atomic E-state index is 0.319. The first-order valence-electron chi connectivity index (χ1n) is 5.12. The highest BCUT2D eigenvalue weighted by Crippen LogP contribution is 2.18. The fourth-order valence-electron chi connectivity index (χ4n) is 1.63. The number of aryl methyl sites for hydroxylation is 1. The van der Waals surface area contributed by atoms with E-state index in [2.05, 4.69) is 15.3 Å². The minimum Gasteiger partial charge on any atom is -0.379 e. The number of aromatic nitrogens is 2. The number of ether oxygens (including phenoxy) is 1. The predicted molar refractivity (Wildman–Crippen MR) is 58.8 cm³/mol. The maximum atomic E-state index is 5.61. The van der Waals surface area contributed by atoms with Crippen LogP contribution in [0.5, 0.6) is 0 Å². The molecule has 1 fully saturated rings. The zero-order valence-corrected chi connectivity index (χ0v) is 9.08. The summed E-state index contributed by atoms with van der Waals surface area (Å²) in [4.78, 5) is 8.30. The lowest BCUT2D eigenvalue weighted by Gasteiger charge is -2.14. The molecule has 0 aromatic carbocycles. The molecule has 0 spiro atoms. The molecule has 1 saturated heterocycles. The van der Waals surface area contributed by atoms with Crippen molar-refractivity contribution in [2.24, 2.45) is 0 Å². The number of nitrogen functional groups attached to an aromatic ring is 1. The molecule has 1 aromatic heterocycles. The van der Waals surface area contributed by atoms with Crippen molar-refractivity contribution in [1.29, 1.82) is 0 Å². The van der Waals surface area contributed by atoms with Crippen LogP contribution >= 0.6 is 0 Å². The number of nitrogens with zero attached hydrogens (tertiary/aromatic N) is 2. The van der Waals surface area contributed by atoms with Crippen molar-refractivity contribution in [2.45, 2.75) is 26.3 Å². The summed E-state index contributed by atoms with van der Waals surface area (Å²) in [5.41, 5.74) is 7.58. The number of nitrogens with one attached hydrogen (secondary N) is 1.